The van der Waals surface area contributed by atoms with Crippen molar-refractivity contribution in [2.24, 2.45) is 5.73 Å². The molecule has 0 bridgehead atoms. The molecule has 0 atom stereocenters. The Morgan fingerprint density at radius 3 is 2.71 bits per heavy atom. The van der Waals surface area contributed by atoms with Crippen LogP contribution in [0.3, 0.4) is 0 Å². The highest BCUT2D eigenvalue weighted by Crippen LogP contribution is 2.23. The third-order valence-corrected chi connectivity index (χ3v) is 3.00. The molecule has 9 heteroatoms. The first kappa shape index (κ1) is 17.4. The quantitative estimate of drug-likeness (QED) is 0.590. The maximum absolute atomic E-state index is 11.5. The van der Waals surface area contributed by atoms with Crippen LogP contribution < -0.4 is 15.8 Å². The van der Waals surface area contributed by atoms with Gasteiger partial charge in [-0.3, -0.25) is 9.35 Å². The average molecular weight is 318 g/mol. The van der Waals surface area contributed by atoms with Gasteiger partial charge in [-0.15, -0.1) is 0 Å². The predicted molar refractivity (Wildman–Crippen MR) is 76.5 cm³/mol. The Labute approximate surface area is 123 Å². The molecule has 21 heavy (non-hydrogen) atoms. The monoisotopic (exact) mass is 318 g/mol. The van der Waals surface area contributed by atoms with Crippen molar-refractivity contribution in [2.45, 2.75) is 12.8 Å². The molecule has 1 aromatic carbocycles. The van der Waals surface area contributed by atoms with Gasteiger partial charge in [0, 0.05) is 25.1 Å². The molecule has 118 valence electrons. The molecule has 0 aromatic heterocycles. The second kappa shape index (κ2) is 7.93. The van der Waals surface area contributed by atoms with Crippen LogP contribution in [0.4, 0.5) is 5.69 Å². The Balaban J connectivity index is 2.77. The summed E-state index contributed by atoms with van der Waals surface area (Å²) in [5, 5.41) is 2.66. The second-order valence-electron chi connectivity index (χ2n) is 4.11. The molecular weight excluding hydrogens is 300 g/mol. The van der Waals surface area contributed by atoms with Gasteiger partial charge in [0.15, 0.2) is 0 Å². The van der Waals surface area contributed by atoms with E-state index in [9.17, 15) is 13.2 Å². The van der Waals surface area contributed by atoms with Gasteiger partial charge in [-0.25, -0.2) is 4.18 Å². The number of methoxy groups -OCH3 is 1. The first-order valence-electron chi connectivity index (χ1n) is 6.14. The summed E-state index contributed by atoms with van der Waals surface area (Å²) in [5.41, 5.74) is 6.46. The molecule has 8 nitrogen and oxygen atoms in total. The number of amides is 1. The van der Waals surface area contributed by atoms with E-state index in [2.05, 4.69) is 9.50 Å². The third-order valence-electron chi connectivity index (χ3n) is 2.54. The summed E-state index contributed by atoms with van der Waals surface area (Å²) < 4.78 is 38.9. The van der Waals surface area contributed by atoms with Crippen molar-refractivity contribution < 1.29 is 26.7 Å². The van der Waals surface area contributed by atoms with Gasteiger partial charge in [-0.05, 0) is 23.8 Å². The van der Waals surface area contributed by atoms with Gasteiger partial charge in [-0.2, -0.15) is 8.42 Å². The lowest BCUT2D eigenvalue weighted by molar-refractivity contribution is -0.116. The topological polar surface area (TPSA) is 128 Å². The molecular formula is C12H18N2O6S. The smallest absolute Gasteiger partial charge is 0.397 e. The van der Waals surface area contributed by atoms with E-state index in [0.29, 0.717) is 17.0 Å². The summed E-state index contributed by atoms with van der Waals surface area (Å²) >= 11 is 0. The largest absolute Gasteiger partial charge is 0.496 e. The van der Waals surface area contributed by atoms with E-state index in [0.717, 1.165) is 0 Å². The van der Waals surface area contributed by atoms with E-state index < -0.39 is 10.4 Å². The third kappa shape index (κ3) is 6.54. The molecule has 0 aliphatic heterocycles. The zero-order valence-corrected chi connectivity index (χ0v) is 12.4. The molecule has 1 rings (SSSR count). The lowest BCUT2D eigenvalue weighted by Crippen LogP contribution is -2.16. The Morgan fingerprint density at radius 2 is 2.14 bits per heavy atom. The highest BCUT2D eigenvalue weighted by atomic mass is 32.3. The summed E-state index contributed by atoms with van der Waals surface area (Å²) in [6, 6.07) is 4.93. The standard InChI is InChI=1S/C12H18N2O6S/c1-19-11-3-2-10(14-12(15)4-6-13)8-9(11)5-7-20-21(16,17)18/h2-3,8H,4-7,13H2,1H3,(H,14,15)(H,16,17,18). The fourth-order valence-electron chi connectivity index (χ4n) is 1.66. The molecule has 0 spiro atoms. The fourth-order valence-corrected chi connectivity index (χ4v) is 1.96. The molecule has 0 heterocycles. The highest BCUT2D eigenvalue weighted by molar-refractivity contribution is 7.80. The fraction of sp³-hybridized carbons (Fsp3) is 0.417. The van der Waals surface area contributed by atoms with Crippen molar-refractivity contribution in [2.75, 3.05) is 25.6 Å². The number of ether oxygens (including phenoxy) is 1. The van der Waals surface area contributed by atoms with Gasteiger partial charge < -0.3 is 15.8 Å². The summed E-state index contributed by atoms with van der Waals surface area (Å²) in [5.74, 6) is 0.300. The molecule has 4 N–H and O–H groups in total. The van der Waals surface area contributed by atoms with Crippen molar-refractivity contribution in [1.82, 2.24) is 0 Å². The van der Waals surface area contributed by atoms with E-state index in [1.165, 1.54) is 7.11 Å². The molecule has 0 fully saturated rings. The van der Waals surface area contributed by atoms with Gasteiger partial charge in [0.25, 0.3) is 0 Å². The predicted octanol–water partition coefficient (Wildman–Crippen LogP) is 0.344. The zero-order valence-electron chi connectivity index (χ0n) is 11.5. The minimum atomic E-state index is -4.47. The van der Waals surface area contributed by atoms with Crippen LogP contribution in [0.5, 0.6) is 5.75 Å². The lowest BCUT2D eigenvalue weighted by Gasteiger charge is -2.11. The van der Waals surface area contributed by atoms with Crippen LogP contribution in [0.1, 0.15) is 12.0 Å². The second-order valence-corrected chi connectivity index (χ2v) is 5.20. The number of benzene rings is 1. The number of rotatable bonds is 8. The molecule has 0 aliphatic rings. The number of anilines is 1. The lowest BCUT2D eigenvalue weighted by atomic mass is 10.1. The van der Waals surface area contributed by atoms with Gasteiger partial charge in [-0.1, -0.05) is 0 Å². The number of hydrogen-bond donors (Lipinski definition) is 3. The first-order valence-corrected chi connectivity index (χ1v) is 7.51. The summed E-state index contributed by atoms with van der Waals surface area (Å²) in [6.45, 7) is 0.00639. The summed E-state index contributed by atoms with van der Waals surface area (Å²) in [6.07, 6.45) is 0.386. The number of nitrogens with one attached hydrogen (secondary N) is 1. The van der Waals surface area contributed by atoms with Crippen LogP contribution >= 0.6 is 0 Å². The molecule has 0 saturated heterocycles. The van der Waals surface area contributed by atoms with E-state index in [4.69, 9.17) is 15.0 Å². The summed E-state index contributed by atoms with van der Waals surface area (Å²) in [7, 11) is -3.01. The first-order chi connectivity index (χ1) is 9.85. The van der Waals surface area contributed by atoms with Crippen LogP contribution in [0, 0.1) is 0 Å². The normalized spacial score (nSPS) is 11.2. The number of carbonyl (C=O) groups excluding carboxylic acids is 1. The molecule has 0 unspecified atom stereocenters. The maximum atomic E-state index is 11.5. The minimum absolute atomic E-state index is 0.184. The van der Waals surface area contributed by atoms with E-state index in [1.807, 2.05) is 0 Å². The van der Waals surface area contributed by atoms with Crippen molar-refractivity contribution in [3.63, 3.8) is 0 Å². The van der Waals surface area contributed by atoms with Crippen molar-refractivity contribution in [3.05, 3.63) is 23.8 Å². The number of nitrogens with two attached hydrogens (primary N) is 1. The van der Waals surface area contributed by atoms with Crippen LogP contribution in [0.2, 0.25) is 0 Å². The Kier molecular flexibility index (Phi) is 6.56. The number of carbonyl (C=O) groups is 1. The van der Waals surface area contributed by atoms with Crippen molar-refractivity contribution >= 4 is 22.0 Å². The SMILES string of the molecule is COc1ccc(NC(=O)CCN)cc1CCOS(=O)(=O)O. The van der Waals surface area contributed by atoms with Gasteiger partial charge in [0.2, 0.25) is 5.91 Å². The van der Waals surface area contributed by atoms with Crippen LogP contribution in [-0.4, -0.2) is 39.1 Å². The van der Waals surface area contributed by atoms with E-state index in [1.54, 1.807) is 18.2 Å². The Hall–Kier alpha value is -1.68. The molecule has 1 amide bonds. The van der Waals surface area contributed by atoms with Gasteiger partial charge >= 0.3 is 10.4 Å². The molecule has 0 radical (unpaired) electrons. The molecule has 0 aliphatic carbocycles. The average Bonchev–Trinajstić information content (AvgIpc) is 2.38. The molecule has 0 saturated carbocycles. The van der Waals surface area contributed by atoms with Crippen LogP contribution in [-0.2, 0) is 25.8 Å². The van der Waals surface area contributed by atoms with E-state index >= 15 is 0 Å². The van der Waals surface area contributed by atoms with Gasteiger partial charge in [0.1, 0.15) is 5.75 Å². The van der Waals surface area contributed by atoms with Crippen molar-refractivity contribution in [1.29, 1.82) is 0 Å². The van der Waals surface area contributed by atoms with Crippen molar-refractivity contribution in [3.8, 4) is 5.75 Å². The zero-order chi connectivity index (χ0) is 15.9. The van der Waals surface area contributed by atoms with Crippen LogP contribution in [0.15, 0.2) is 18.2 Å². The van der Waals surface area contributed by atoms with E-state index in [-0.39, 0.29) is 31.9 Å². The minimum Gasteiger partial charge on any atom is -0.496 e. The number of hydrogen-bond acceptors (Lipinski definition) is 6. The molecule has 1 aromatic rings. The maximum Gasteiger partial charge on any atom is 0.397 e. The summed E-state index contributed by atoms with van der Waals surface area (Å²) in [4.78, 5) is 11.5. The Morgan fingerprint density at radius 1 is 1.43 bits per heavy atom. The Bertz CT molecular complexity index is 587. The highest BCUT2D eigenvalue weighted by Gasteiger charge is 2.09. The van der Waals surface area contributed by atoms with Gasteiger partial charge in [0.05, 0.1) is 13.7 Å². The van der Waals surface area contributed by atoms with Crippen LogP contribution in [0.25, 0.3) is 0 Å².